The molecule has 1 heterocycles. The molecule has 0 saturated carbocycles. The van der Waals surface area contributed by atoms with Crippen molar-refractivity contribution in [1.29, 1.82) is 0 Å². The number of rotatable bonds is 6. The van der Waals surface area contributed by atoms with Crippen LogP contribution in [0.1, 0.15) is 29.8 Å². The Morgan fingerprint density at radius 3 is 2.41 bits per heavy atom. The first kappa shape index (κ1) is 20.9. The summed E-state index contributed by atoms with van der Waals surface area (Å²) in [4.78, 5) is 28.6. The van der Waals surface area contributed by atoms with Gasteiger partial charge in [-0.05, 0) is 35.7 Å². The van der Waals surface area contributed by atoms with E-state index in [1.165, 1.54) is 0 Å². The van der Waals surface area contributed by atoms with E-state index >= 15 is 0 Å². The molecule has 0 aromatic heterocycles. The summed E-state index contributed by atoms with van der Waals surface area (Å²) < 4.78 is 5.31. The Morgan fingerprint density at radius 2 is 1.72 bits per heavy atom. The average Bonchev–Trinajstić information content (AvgIpc) is 2.73. The molecule has 0 aliphatic carbocycles. The van der Waals surface area contributed by atoms with Gasteiger partial charge in [0.25, 0.3) is 5.91 Å². The van der Waals surface area contributed by atoms with Crippen LogP contribution in [0.4, 0.5) is 10.5 Å². The van der Waals surface area contributed by atoms with Gasteiger partial charge < -0.3 is 15.0 Å². The van der Waals surface area contributed by atoms with Crippen molar-refractivity contribution in [3.8, 4) is 0 Å². The van der Waals surface area contributed by atoms with Crippen molar-refractivity contribution in [2.24, 2.45) is 5.92 Å². The van der Waals surface area contributed by atoms with Crippen LogP contribution in [0.3, 0.4) is 0 Å². The largest absolute Gasteiger partial charge is 0.449 e. The molecule has 0 unspecified atom stereocenters. The first-order chi connectivity index (χ1) is 14.0. The molecule has 1 aliphatic rings. The molecule has 1 saturated heterocycles. The maximum atomic E-state index is 12.5. The Bertz CT molecular complexity index is 815. The minimum atomic E-state index is -0.224. The Balaban J connectivity index is 1.51. The molecule has 154 valence electrons. The van der Waals surface area contributed by atoms with Gasteiger partial charge in [0, 0.05) is 44.0 Å². The number of nitrogens with one attached hydrogen (secondary N) is 1. The highest BCUT2D eigenvalue weighted by molar-refractivity contribution is 6.04. The van der Waals surface area contributed by atoms with Gasteiger partial charge in [-0.15, -0.1) is 0 Å². The van der Waals surface area contributed by atoms with Crippen LogP contribution in [0, 0.1) is 5.92 Å². The van der Waals surface area contributed by atoms with E-state index in [0.717, 1.165) is 30.9 Å². The number of nitrogens with zero attached hydrogens (tertiary/aromatic N) is 2. The predicted molar refractivity (Wildman–Crippen MR) is 114 cm³/mol. The van der Waals surface area contributed by atoms with E-state index in [9.17, 15) is 9.59 Å². The van der Waals surface area contributed by atoms with E-state index in [1.807, 2.05) is 68.4 Å². The number of ether oxygens (including phenoxy) is 1. The molecule has 1 N–H and O–H groups in total. The fourth-order valence-electron chi connectivity index (χ4n) is 3.21. The summed E-state index contributed by atoms with van der Waals surface area (Å²) in [5.41, 5.74) is 2.51. The van der Waals surface area contributed by atoms with Crippen LogP contribution < -0.4 is 5.32 Å². The zero-order valence-electron chi connectivity index (χ0n) is 17.1. The highest BCUT2D eigenvalue weighted by Crippen LogP contribution is 2.14. The van der Waals surface area contributed by atoms with E-state index in [0.29, 0.717) is 31.2 Å². The number of carbonyl (C=O) groups excluding carboxylic acids is 2. The van der Waals surface area contributed by atoms with Crippen LogP contribution in [0.2, 0.25) is 0 Å². The second-order valence-electron chi connectivity index (χ2n) is 7.75. The number of para-hydroxylation sites is 1. The van der Waals surface area contributed by atoms with Crippen LogP contribution in [0.5, 0.6) is 0 Å². The fourth-order valence-corrected chi connectivity index (χ4v) is 3.21. The summed E-state index contributed by atoms with van der Waals surface area (Å²) in [7, 11) is 0. The van der Waals surface area contributed by atoms with E-state index < -0.39 is 0 Å². The summed E-state index contributed by atoms with van der Waals surface area (Å²) in [6.07, 6.45) is -0.224. The lowest BCUT2D eigenvalue weighted by molar-refractivity contribution is 0.0675. The van der Waals surface area contributed by atoms with E-state index in [2.05, 4.69) is 10.2 Å². The number of hydrogen-bond acceptors (Lipinski definition) is 4. The summed E-state index contributed by atoms with van der Waals surface area (Å²) in [6, 6.07) is 17.1. The Hall–Kier alpha value is -2.86. The van der Waals surface area contributed by atoms with Gasteiger partial charge in [-0.3, -0.25) is 9.69 Å². The number of carbonyl (C=O) groups is 2. The maximum absolute atomic E-state index is 12.5. The lowest BCUT2D eigenvalue weighted by Gasteiger charge is -2.34. The standard InChI is InChI=1S/C23H29N3O3/c1-18(2)17-29-23(28)26-13-11-25(12-14-26)16-19-7-6-8-20(15-19)22(27)24-21-9-4-3-5-10-21/h3-10,15,18H,11-14,16-17H2,1-2H3,(H,24,27). The molecule has 1 aliphatic heterocycles. The lowest BCUT2D eigenvalue weighted by atomic mass is 10.1. The predicted octanol–water partition coefficient (Wildman–Crippen LogP) is 3.85. The molecule has 2 amide bonds. The van der Waals surface area contributed by atoms with E-state index in [4.69, 9.17) is 4.74 Å². The highest BCUT2D eigenvalue weighted by atomic mass is 16.6. The minimum absolute atomic E-state index is 0.115. The van der Waals surface area contributed by atoms with Crippen molar-refractivity contribution in [1.82, 2.24) is 9.80 Å². The van der Waals surface area contributed by atoms with Gasteiger partial charge in [0.05, 0.1) is 6.61 Å². The minimum Gasteiger partial charge on any atom is -0.449 e. The fraction of sp³-hybridized carbons (Fsp3) is 0.391. The Kier molecular flexibility index (Phi) is 7.25. The zero-order valence-corrected chi connectivity index (χ0v) is 17.1. The maximum Gasteiger partial charge on any atom is 0.409 e. The zero-order chi connectivity index (χ0) is 20.6. The quantitative estimate of drug-likeness (QED) is 0.807. The highest BCUT2D eigenvalue weighted by Gasteiger charge is 2.22. The normalized spacial score (nSPS) is 14.7. The summed E-state index contributed by atoms with van der Waals surface area (Å²) in [5.74, 6) is 0.224. The van der Waals surface area contributed by atoms with Crippen LogP contribution >= 0.6 is 0 Å². The SMILES string of the molecule is CC(C)COC(=O)N1CCN(Cc2cccc(C(=O)Nc3ccccc3)c2)CC1. The number of piperazine rings is 1. The molecule has 29 heavy (non-hydrogen) atoms. The topological polar surface area (TPSA) is 61.9 Å². The molecule has 6 heteroatoms. The molecule has 0 radical (unpaired) electrons. The molecule has 0 spiro atoms. The first-order valence-corrected chi connectivity index (χ1v) is 10.1. The Labute approximate surface area is 172 Å². The van der Waals surface area contributed by atoms with E-state index in [1.54, 1.807) is 4.90 Å². The number of benzene rings is 2. The van der Waals surface area contributed by atoms with Crippen LogP contribution in [-0.2, 0) is 11.3 Å². The van der Waals surface area contributed by atoms with Crippen molar-refractivity contribution < 1.29 is 14.3 Å². The molecule has 0 atom stereocenters. The van der Waals surface area contributed by atoms with Gasteiger partial charge in [-0.25, -0.2) is 4.79 Å². The van der Waals surface area contributed by atoms with Gasteiger partial charge >= 0.3 is 6.09 Å². The third kappa shape index (κ3) is 6.32. The summed E-state index contributed by atoms with van der Waals surface area (Å²) in [5, 5.41) is 2.92. The molecule has 0 bridgehead atoms. The smallest absolute Gasteiger partial charge is 0.409 e. The lowest BCUT2D eigenvalue weighted by Crippen LogP contribution is -2.48. The van der Waals surface area contributed by atoms with Gasteiger partial charge in [0.2, 0.25) is 0 Å². The average molecular weight is 396 g/mol. The third-order valence-electron chi connectivity index (χ3n) is 4.80. The van der Waals surface area contributed by atoms with Gasteiger partial charge in [-0.1, -0.05) is 44.2 Å². The summed E-state index contributed by atoms with van der Waals surface area (Å²) in [6.45, 7) is 8.15. The van der Waals surface area contributed by atoms with Crippen LogP contribution in [0.25, 0.3) is 0 Å². The van der Waals surface area contributed by atoms with Gasteiger partial charge in [0.15, 0.2) is 0 Å². The van der Waals surface area contributed by atoms with Crippen molar-refractivity contribution in [3.05, 3.63) is 65.7 Å². The number of hydrogen-bond donors (Lipinski definition) is 1. The third-order valence-corrected chi connectivity index (χ3v) is 4.80. The van der Waals surface area contributed by atoms with Crippen molar-refractivity contribution >= 4 is 17.7 Å². The van der Waals surface area contributed by atoms with E-state index in [-0.39, 0.29) is 12.0 Å². The second-order valence-corrected chi connectivity index (χ2v) is 7.75. The molecule has 6 nitrogen and oxygen atoms in total. The van der Waals surface area contributed by atoms with Crippen molar-refractivity contribution in [2.75, 3.05) is 38.1 Å². The monoisotopic (exact) mass is 395 g/mol. The molecule has 2 aromatic carbocycles. The van der Waals surface area contributed by atoms with Gasteiger partial charge in [-0.2, -0.15) is 0 Å². The second kappa shape index (κ2) is 10.1. The molecule has 3 rings (SSSR count). The number of anilines is 1. The molecule has 1 fully saturated rings. The van der Waals surface area contributed by atoms with Crippen molar-refractivity contribution in [3.63, 3.8) is 0 Å². The van der Waals surface area contributed by atoms with Crippen LogP contribution in [0.15, 0.2) is 54.6 Å². The van der Waals surface area contributed by atoms with Crippen LogP contribution in [-0.4, -0.2) is 54.6 Å². The molecular weight excluding hydrogens is 366 g/mol. The molecule has 2 aromatic rings. The van der Waals surface area contributed by atoms with Gasteiger partial charge in [0.1, 0.15) is 0 Å². The summed E-state index contributed by atoms with van der Waals surface area (Å²) >= 11 is 0. The number of amides is 2. The Morgan fingerprint density at radius 1 is 1.00 bits per heavy atom. The first-order valence-electron chi connectivity index (χ1n) is 10.1. The van der Waals surface area contributed by atoms with Crippen molar-refractivity contribution in [2.45, 2.75) is 20.4 Å². The molecular formula is C23H29N3O3.